The Kier molecular flexibility index (Phi) is 5.79. The summed E-state index contributed by atoms with van der Waals surface area (Å²) in [5, 5.41) is 0. The maximum atomic E-state index is 12.5. The number of nitrogens with zero attached hydrogens (tertiary/aromatic N) is 3. The lowest BCUT2D eigenvalue weighted by Gasteiger charge is -2.37. The Hall–Kier alpha value is -2.11. The van der Waals surface area contributed by atoms with Gasteiger partial charge in [-0.25, -0.2) is 4.79 Å². The number of hydrogen-bond donors (Lipinski definition) is 0. The number of carbonyl (C=O) groups is 2. The second-order valence-corrected chi connectivity index (χ2v) is 7.52. The first-order valence-electron chi connectivity index (χ1n) is 9.70. The molecule has 0 radical (unpaired) electrons. The van der Waals surface area contributed by atoms with Crippen LogP contribution in [0.3, 0.4) is 0 Å². The molecule has 1 spiro atoms. The van der Waals surface area contributed by atoms with Gasteiger partial charge >= 0.3 is 6.09 Å². The summed E-state index contributed by atoms with van der Waals surface area (Å²) in [6, 6.07) is 5.98. The Morgan fingerprint density at radius 2 is 2.12 bits per heavy atom. The fourth-order valence-corrected chi connectivity index (χ4v) is 3.92. The molecule has 0 aliphatic carbocycles. The number of pyridine rings is 1. The van der Waals surface area contributed by atoms with E-state index in [9.17, 15) is 9.59 Å². The van der Waals surface area contributed by atoms with Crippen LogP contribution in [0.25, 0.3) is 0 Å². The van der Waals surface area contributed by atoms with Crippen molar-refractivity contribution in [3.63, 3.8) is 0 Å². The molecule has 0 unspecified atom stereocenters. The van der Waals surface area contributed by atoms with Crippen LogP contribution in [0.2, 0.25) is 0 Å². The van der Waals surface area contributed by atoms with Gasteiger partial charge in [0, 0.05) is 50.3 Å². The molecule has 3 heterocycles. The molecule has 6 heteroatoms. The second kappa shape index (κ2) is 8.06. The van der Waals surface area contributed by atoms with E-state index in [1.807, 2.05) is 28.0 Å². The van der Waals surface area contributed by atoms with Gasteiger partial charge in [0.05, 0.1) is 6.54 Å². The van der Waals surface area contributed by atoms with Crippen molar-refractivity contribution in [1.82, 2.24) is 14.8 Å². The SMILES string of the molecule is CCC[C@H](C)N1CC2(CCN(C(=O)CCc3ccccn3)CC2)OC1=O. The van der Waals surface area contributed by atoms with E-state index in [1.165, 1.54) is 0 Å². The monoisotopic (exact) mass is 359 g/mol. The molecule has 1 aromatic heterocycles. The lowest BCUT2D eigenvalue weighted by atomic mass is 9.90. The first kappa shape index (κ1) is 18.7. The van der Waals surface area contributed by atoms with Crippen LogP contribution in [-0.2, 0) is 16.0 Å². The normalized spacial score (nSPS) is 20.3. The van der Waals surface area contributed by atoms with Gasteiger partial charge in [0.1, 0.15) is 5.60 Å². The lowest BCUT2D eigenvalue weighted by molar-refractivity contribution is -0.134. The lowest BCUT2D eigenvalue weighted by Crippen LogP contribution is -2.49. The number of likely N-dealkylation sites (tertiary alicyclic amines) is 1. The molecular weight excluding hydrogens is 330 g/mol. The van der Waals surface area contributed by atoms with E-state index in [-0.39, 0.29) is 18.0 Å². The summed E-state index contributed by atoms with van der Waals surface area (Å²) in [5.74, 6) is 0.158. The first-order chi connectivity index (χ1) is 12.5. The summed E-state index contributed by atoms with van der Waals surface area (Å²) in [5.41, 5.74) is 0.538. The van der Waals surface area contributed by atoms with E-state index in [2.05, 4.69) is 18.8 Å². The van der Waals surface area contributed by atoms with Gasteiger partial charge in [-0.15, -0.1) is 0 Å². The fourth-order valence-electron chi connectivity index (χ4n) is 3.92. The van der Waals surface area contributed by atoms with Crippen LogP contribution in [0.5, 0.6) is 0 Å². The third kappa shape index (κ3) is 4.17. The summed E-state index contributed by atoms with van der Waals surface area (Å²) in [6.45, 7) is 6.18. The number of amides is 2. The van der Waals surface area contributed by atoms with Crippen LogP contribution in [0.15, 0.2) is 24.4 Å². The van der Waals surface area contributed by atoms with E-state index in [0.717, 1.165) is 31.4 Å². The quantitative estimate of drug-likeness (QED) is 0.783. The van der Waals surface area contributed by atoms with Crippen LogP contribution < -0.4 is 0 Å². The number of carbonyl (C=O) groups excluding carboxylic acids is 2. The Labute approximate surface area is 155 Å². The van der Waals surface area contributed by atoms with Crippen molar-refractivity contribution in [2.75, 3.05) is 19.6 Å². The fraction of sp³-hybridized carbons (Fsp3) is 0.650. The minimum Gasteiger partial charge on any atom is -0.441 e. The molecule has 3 rings (SSSR count). The standard InChI is InChI=1S/C20H29N3O3/c1-3-6-16(2)23-15-20(26-19(23)25)10-13-22(14-11-20)18(24)9-8-17-7-4-5-12-21-17/h4-5,7,12,16H,3,6,8-11,13-15H2,1-2H3/t16-/m0/s1. The van der Waals surface area contributed by atoms with Crippen LogP contribution in [0, 0.1) is 0 Å². The molecule has 2 aliphatic heterocycles. The Balaban J connectivity index is 1.49. The summed E-state index contributed by atoms with van der Waals surface area (Å²) in [6.07, 6.45) is 6.19. The van der Waals surface area contributed by atoms with Crippen LogP contribution in [0.4, 0.5) is 4.79 Å². The third-order valence-corrected chi connectivity index (χ3v) is 5.58. The Bertz CT molecular complexity index is 626. The average Bonchev–Trinajstić information content (AvgIpc) is 2.97. The third-order valence-electron chi connectivity index (χ3n) is 5.58. The summed E-state index contributed by atoms with van der Waals surface area (Å²) < 4.78 is 5.77. The molecule has 2 aliphatic rings. The van der Waals surface area contributed by atoms with Gasteiger partial charge < -0.3 is 14.5 Å². The summed E-state index contributed by atoms with van der Waals surface area (Å²) in [4.78, 5) is 32.8. The highest BCUT2D eigenvalue weighted by atomic mass is 16.6. The largest absolute Gasteiger partial charge is 0.441 e. The van der Waals surface area contributed by atoms with Gasteiger partial charge in [0.2, 0.25) is 5.91 Å². The summed E-state index contributed by atoms with van der Waals surface area (Å²) >= 11 is 0. The topological polar surface area (TPSA) is 62.7 Å². The van der Waals surface area contributed by atoms with Crippen LogP contribution >= 0.6 is 0 Å². The van der Waals surface area contributed by atoms with Crippen molar-refractivity contribution in [3.05, 3.63) is 30.1 Å². The van der Waals surface area contributed by atoms with E-state index >= 15 is 0 Å². The van der Waals surface area contributed by atoms with Gasteiger partial charge in [0.15, 0.2) is 0 Å². The number of aryl methyl sites for hydroxylation is 1. The molecule has 2 fully saturated rings. The molecule has 0 bridgehead atoms. The van der Waals surface area contributed by atoms with Gasteiger partial charge in [-0.2, -0.15) is 0 Å². The van der Waals surface area contributed by atoms with Crippen LogP contribution in [0.1, 0.15) is 51.6 Å². The van der Waals surface area contributed by atoms with Gasteiger partial charge in [-0.3, -0.25) is 9.78 Å². The Morgan fingerprint density at radius 1 is 1.35 bits per heavy atom. The molecule has 2 amide bonds. The number of ether oxygens (including phenoxy) is 1. The number of hydrogen-bond acceptors (Lipinski definition) is 4. The minimum absolute atomic E-state index is 0.158. The highest BCUT2D eigenvalue weighted by molar-refractivity contribution is 5.76. The molecule has 1 aromatic rings. The zero-order valence-corrected chi connectivity index (χ0v) is 15.8. The molecule has 26 heavy (non-hydrogen) atoms. The van der Waals surface area contributed by atoms with E-state index in [4.69, 9.17) is 4.74 Å². The molecule has 0 N–H and O–H groups in total. The highest BCUT2D eigenvalue weighted by Crippen LogP contribution is 2.34. The van der Waals surface area contributed by atoms with E-state index in [0.29, 0.717) is 32.5 Å². The molecule has 6 nitrogen and oxygen atoms in total. The van der Waals surface area contributed by atoms with Crippen molar-refractivity contribution in [2.24, 2.45) is 0 Å². The Morgan fingerprint density at radius 3 is 2.77 bits per heavy atom. The molecule has 0 saturated carbocycles. The molecule has 142 valence electrons. The van der Waals surface area contributed by atoms with Gasteiger partial charge in [-0.1, -0.05) is 19.4 Å². The first-order valence-corrected chi connectivity index (χ1v) is 9.70. The van der Waals surface area contributed by atoms with Gasteiger partial charge in [-0.05, 0) is 31.9 Å². The molecule has 0 aromatic carbocycles. The smallest absolute Gasteiger partial charge is 0.410 e. The molecular formula is C20H29N3O3. The number of piperidine rings is 1. The van der Waals surface area contributed by atoms with E-state index < -0.39 is 5.60 Å². The maximum absolute atomic E-state index is 12.5. The zero-order valence-electron chi connectivity index (χ0n) is 15.8. The molecule has 2 saturated heterocycles. The predicted molar refractivity (Wildman–Crippen MR) is 98.7 cm³/mol. The molecule has 1 atom stereocenters. The van der Waals surface area contributed by atoms with Crippen molar-refractivity contribution in [3.8, 4) is 0 Å². The van der Waals surface area contributed by atoms with Crippen molar-refractivity contribution < 1.29 is 14.3 Å². The van der Waals surface area contributed by atoms with Crippen molar-refractivity contribution in [2.45, 2.75) is 64.0 Å². The predicted octanol–water partition coefficient (Wildman–Crippen LogP) is 3.02. The maximum Gasteiger partial charge on any atom is 0.410 e. The van der Waals surface area contributed by atoms with Gasteiger partial charge in [0.25, 0.3) is 0 Å². The number of rotatable bonds is 6. The second-order valence-electron chi connectivity index (χ2n) is 7.52. The van der Waals surface area contributed by atoms with Crippen molar-refractivity contribution >= 4 is 12.0 Å². The number of aromatic nitrogens is 1. The van der Waals surface area contributed by atoms with E-state index in [1.54, 1.807) is 6.20 Å². The zero-order chi connectivity index (χ0) is 18.6. The minimum atomic E-state index is -0.406. The van der Waals surface area contributed by atoms with Crippen molar-refractivity contribution in [1.29, 1.82) is 0 Å². The average molecular weight is 359 g/mol. The van der Waals surface area contributed by atoms with Crippen LogP contribution in [-0.4, -0.2) is 58.1 Å². The highest BCUT2D eigenvalue weighted by Gasteiger charge is 2.48. The summed E-state index contributed by atoms with van der Waals surface area (Å²) in [7, 11) is 0.